The Kier molecular flexibility index (Phi) is 3.60. The van der Waals surface area contributed by atoms with Crippen LogP contribution >= 0.6 is 0 Å². The van der Waals surface area contributed by atoms with Crippen molar-refractivity contribution in [1.29, 1.82) is 0 Å². The lowest BCUT2D eigenvalue weighted by atomic mass is 10.0. The fourth-order valence-corrected chi connectivity index (χ4v) is 4.91. The molecule has 2 aromatic rings. The molecule has 0 N–H and O–H groups in total. The molecule has 22 heavy (non-hydrogen) atoms. The van der Waals surface area contributed by atoms with E-state index < -0.39 is 10.0 Å². The molecular weight excluding hydrogens is 302 g/mol. The molecule has 0 unspecified atom stereocenters. The summed E-state index contributed by atoms with van der Waals surface area (Å²) in [6, 6.07) is 0. The minimum absolute atomic E-state index is 0.311. The van der Waals surface area contributed by atoms with Crippen LogP contribution in [0.3, 0.4) is 0 Å². The summed E-state index contributed by atoms with van der Waals surface area (Å²) in [5.41, 5.74) is 2.36. The molecule has 1 aliphatic rings. The first-order valence-corrected chi connectivity index (χ1v) is 8.72. The van der Waals surface area contributed by atoms with Gasteiger partial charge < -0.3 is 0 Å². The predicted octanol–water partition coefficient (Wildman–Crippen LogP) is 0.863. The summed E-state index contributed by atoms with van der Waals surface area (Å²) >= 11 is 0. The zero-order valence-electron chi connectivity index (χ0n) is 13.3. The number of rotatable bonds is 4. The molecule has 120 valence electrons. The highest BCUT2D eigenvalue weighted by Gasteiger charge is 2.39. The van der Waals surface area contributed by atoms with Crippen LogP contribution in [0.4, 0.5) is 0 Å². The first kappa shape index (κ1) is 15.2. The van der Waals surface area contributed by atoms with E-state index >= 15 is 0 Å². The molecule has 1 aliphatic heterocycles. The van der Waals surface area contributed by atoms with Crippen LogP contribution in [0, 0.1) is 26.7 Å². The van der Waals surface area contributed by atoms with Crippen LogP contribution in [0.1, 0.15) is 17.0 Å². The Morgan fingerprint density at radius 1 is 1.27 bits per heavy atom. The van der Waals surface area contributed by atoms with E-state index in [1.54, 1.807) is 25.6 Å². The standard InChI is InChI=1S/C14H21N5O2S/c1-10-5-15-18(6-10)7-13-8-19(9-13)22(20,21)14-11(2)16-17(4)12(14)3/h5-6,13H,7-9H2,1-4H3. The summed E-state index contributed by atoms with van der Waals surface area (Å²) in [5, 5.41) is 8.45. The summed E-state index contributed by atoms with van der Waals surface area (Å²) in [7, 11) is -1.68. The maximum Gasteiger partial charge on any atom is 0.246 e. The topological polar surface area (TPSA) is 73.0 Å². The normalized spacial score (nSPS) is 16.9. The number of hydrogen-bond acceptors (Lipinski definition) is 4. The molecule has 0 radical (unpaired) electrons. The minimum Gasteiger partial charge on any atom is -0.272 e. The van der Waals surface area contributed by atoms with Gasteiger partial charge in [0.25, 0.3) is 0 Å². The summed E-state index contributed by atoms with van der Waals surface area (Å²) in [6.07, 6.45) is 3.79. The van der Waals surface area contributed by atoms with E-state index in [4.69, 9.17) is 0 Å². The van der Waals surface area contributed by atoms with E-state index in [-0.39, 0.29) is 0 Å². The zero-order chi connectivity index (χ0) is 16.1. The Bertz CT molecular complexity index is 799. The van der Waals surface area contributed by atoms with Gasteiger partial charge in [0.2, 0.25) is 10.0 Å². The summed E-state index contributed by atoms with van der Waals surface area (Å²) < 4.78 is 30.5. The molecule has 3 rings (SSSR count). The molecule has 0 atom stereocenters. The van der Waals surface area contributed by atoms with Crippen LogP contribution in [-0.4, -0.2) is 45.4 Å². The number of hydrogen-bond donors (Lipinski definition) is 0. The van der Waals surface area contributed by atoms with Crippen molar-refractivity contribution in [3.8, 4) is 0 Å². The lowest BCUT2D eigenvalue weighted by Crippen LogP contribution is -2.51. The Balaban J connectivity index is 1.71. The van der Waals surface area contributed by atoms with Gasteiger partial charge in [-0.2, -0.15) is 14.5 Å². The van der Waals surface area contributed by atoms with Crippen molar-refractivity contribution < 1.29 is 8.42 Å². The van der Waals surface area contributed by atoms with Crippen molar-refractivity contribution in [3.63, 3.8) is 0 Å². The number of nitrogens with zero attached hydrogens (tertiary/aromatic N) is 5. The van der Waals surface area contributed by atoms with E-state index in [0.717, 1.165) is 12.1 Å². The second-order valence-electron chi connectivity index (χ2n) is 6.05. The average molecular weight is 323 g/mol. The Morgan fingerprint density at radius 3 is 2.45 bits per heavy atom. The predicted molar refractivity (Wildman–Crippen MR) is 81.9 cm³/mol. The van der Waals surface area contributed by atoms with E-state index in [2.05, 4.69) is 10.2 Å². The summed E-state index contributed by atoms with van der Waals surface area (Å²) in [4.78, 5) is 0.350. The van der Waals surface area contributed by atoms with Gasteiger partial charge in [-0.1, -0.05) is 0 Å². The second-order valence-corrected chi connectivity index (χ2v) is 7.93. The highest BCUT2D eigenvalue weighted by atomic mass is 32.2. The molecule has 0 spiro atoms. The van der Waals surface area contributed by atoms with Crippen LogP contribution in [0.5, 0.6) is 0 Å². The first-order valence-electron chi connectivity index (χ1n) is 7.28. The van der Waals surface area contributed by atoms with Gasteiger partial charge in [0.15, 0.2) is 0 Å². The molecular formula is C14H21N5O2S. The van der Waals surface area contributed by atoms with Gasteiger partial charge in [-0.25, -0.2) is 8.42 Å². The average Bonchev–Trinajstić information content (AvgIpc) is 2.88. The molecule has 3 heterocycles. The lowest BCUT2D eigenvalue weighted by Gasteiger charge is -2.38. The Labute approximate surface area is 130 Å². The molecule has 0 aliphatic carbocycles. The van der Waals surface area contributed by atoms with Crippen molar-refractivity contribution in [1.82, 2.24) is 23.9 Å². The quantitative estimate of drug-likeness (QED) is 0.836. The van der Waals surface area contributed by atoms with Crippen LogP contribution in [0.15, 0.2) is 17.3 Å². The van der Waals surface area contributed by atoms with Gasteiger partial charge in [-0.05, 0) is 26.3 Å². The van der Waals surface area contributed by atoms with E-state index in [9.17, 15) is 8.42 Å². The highest BCUT2D eigenvalue weighted by molar-refractivity contribution is 7.89. The molecule has 1 saturated heterocycles. The maximum atomic E-state index is 12.7. The van der Waals surface area contributed by atoms with Crippen molar-refractivity contribution in [2.75, 3.05) is 13.1 Å². The minimum atomic E-state index is -3.44. The van der Waals surface area contributed by atoms with Gasteiger partial charge in [0.1, 0.15) is 4.90 Å². The summed E-state index contributed by atoms with van der Waals surface area (Å²) in [6.45, 7) is 7.35. The number of aromatic nitrogens is 4. The Hall–Kier alpha value is -1.67. The second kappa shape index (κ2) is 5.20. The van der Waals surface area contributed by atoms with Crippen molar-refractivity contribution >= 4 is 10.0 Å². The first-order chi connectivity index (χ1) is 10.3. The zero-order valence-corrected chi connectivity index (χ0v) is 14.1. The third-order valence-electron chi connectivity index (χ3n) is 4.17. The third-order valence-corrected chi connectivity index (χ3v) is 6.26. The maximum absolute atomic E-state index is 12.7. The molecule has 2 aromatic heterocycles. The fraction of sp³-hybridized carbons (Fsp3) is 0.571. The van der Waals surface area contributed by atoms with Gasteiger partial charge >= 0.3 is 0 Å². The third kappa shape index (κ3) is 2.46. The molecule has 8 heteroatoms. The van der Waals surface area contributed by atoms with E-state index in [1.807, 2.05) is 24.0 Å². The number of sulfonamides is 1. The number of aryl methyl sites for hydroxylation is 3. The van der Waals surface area contributed by atoms with Crippen molar-refractivity contribution in [2.24, 2.45) is 13.0 Å². The van der Waals surface area contributed by atoms with Gasteiger partial charge in [-0.15, -0.1) is 0 Å². The molecule has 0 saturated carbocycles. The van der Waals surface area contributed by atoms with Crippen LogP contribution in [0.25, 0.3) is 0 Å². The van der Waals surface area contributed by atoms with E-state index in [0.29, 0.717) is 35.3 Å². The van der Waals surface area contributed by atoms with Crippen LogP contribution in [-0.2, 0) is 23.6 Å². The summed E-state index contributed by atoms with van der Waals surface area (Å²) in [5.74, 6) is 0.311. The molecule has 1 fully saturated rings. The van der Waals surface area contributed by atoms with E-state index in [1.165, 1.54) is 4.31 Å². The highest BCUT2D eigenvalue weighted by Crippen LogP contribution is 2.29. The van der Waals surface area contributed by atoms with Crippen molar-refractivity contribution in [3.05, 3.63) is 29.3 Å². The van der Waals surface area contributed by atoms with Gasteiger partial charge in [-0.3, -0.25) is 9.36 Å². The molecule has 0 amide bonds. The molecule has 0 aromatic carbocycles. The monoisotopic (exact) mass is 323 g/mol. The molecule has 7 nitrogen and oxygen atoms in total. The smallest absolute Gasteiger partial charge is 0.246 e. The SMILES string of the molecule is Cc1cnn(CC2CN(S(=O)(=O)c3c(C)nn(C)c3C)C2)c1. The largest absolute Gasteiger partial charge is 0.272 e. The molecule has 0 bridgehead atoms. The van der Waals surface area contributed by atoms with Crippen LogP contribution in [0.2, 0.25) is 0 Å². The fourth-order valence-electron chi connectivity index (χ4n) is 2.92. The lowest BCUT2D eigenvalue weighted by molar-refractivity contribution is 0.174. The van der Waals surface area contributed by atoms with Crippen LogP contribution < -0.4 is 0 Å². The van der Waals surface area contributed by atoms with Gasteiger partial charge in [0.05, 0.1) is 17.6 Å². The van der Waals surface area contributed by atoms with Crippen molar-refractivity contribution in [2.45, 2.75) is 32.2 Å². The Morgan fingerprint density at radius 2 is 1.95 bits per heavy atom. The van der Waals surface area contributed by atoms with Gasteiger partial charge in [0, 0.05) is 38.8 Å².